The van der Waals surface area contributed by atoms with E-state index in [0.29, 0.717) is 0 Å². The van der Waals surface area contributed by atoms with Crippen LogP contribution in [0.5, 0.6) is 0 Å². The molecule has 4 heteroatoms. The molecule has 0 bridgehead atoms. The van der Waals surface area contributed by atoms with E-state index in [2.05, 4.69) is 52.3 Å². The second-order valence-corrected chi connectivity index (χ2v) is 7.08. The van der Waals surface area contributed by atoms with Gasteiger partial charge in [0.15, 0.2) is 0 Å². The van der Waals surface area contributed by atoms with Gasteiger partial charge >= 0.3 is 0 Å². The maximum absolute atomic E-state index is 4.53. The topological polar surface area (TPSA) is 24.3 Å². The van der Waals surface area contributed by atoms with Crippen LogP contribution in [0.15, 0.2) is 36.7 Å². The van der Waals surface area contributed by atoms with E-state index < -0.39 is 0 Å². The first-order valence-electron chi connectivity index (χ1n) is 8.85. The zero-order valence-corrected chi connectivity index (χ0v) is 14.0. The molecule has 122 valence electrons. The predicted molar refractivity (Wildman–Crippen MR) is 92.8 cm³/mol. The maximum atomic E-state index is 4.53. The van der Waals surface area contributed by atoms with Gasteiger partial charge in [0.1, 0.15) is 0 Å². The SMILES string of the molecule is Cc1cccc(-n2cc(CN3CC(N4CCCCC4)C3)cn2)c1. The van der Waals surface area contributed by atoms with Gasteiger partial charge in [0.05, 0.1) is 11.9 Å². The fraction of sp³-hybridized carbons (Fsp3) is 0.526. The van der Waals surface area contributed by atoms with Gasteiger partial charge in [-0.05, 0) is 50.6 Å². The zero-order chi connectivity index (χ0) is 15.6. The Bertz CT molecular complexity index is 651. The fourth-order valence-corrected chi connectivity index (χ4v) is 3.80. The summed E-state index contributed by atoms with van der Waals surface area (Å²) >= 11 is 0. The second kappa shape index (κ2) is 6.46. The summed E-state index contributed by atoms with van der Waals surface area (Å²) in [5.41, 5.74) is 3.72. The molecule has 0 atom stereocenters. The van der Waals surface area contributed by atoms with Crippen molar-refractivity contribution in [3.05, 3.63) is 47.8 Å². The normalized spacial score (nSPS) is 20.6. The average Bonchev–Trinajstić information content (AvgIpc) is 3.00. The van der Waals surface area contributed by atoms with E-state index in [-0.39, 0.29) is 0 Å². The summed E-state index contributed by atoms with van der Waals surface area (Å²) in [6, 6.07) is 9.29. The van der Waals surface area contributed by atoms with Crippen molar-refractivity contribution in [3.63, 3.8) is 0 Å². The van der Waals surface area contributed by atoms with Crippen molar-refractivity contribution in [3.8, 4) is 5.69 Å². The van der Waals surface area contributed by atoms with Gasteiger partial charge < -0.3 is 0 Å². The molecule has 2 aromatic rings. The van der Waals surface area contributed by atoms with E-state index in [0.717, 1.165) is 18.3 Å². The lowest BCUT2D eigenvalue weighted by atomic mass is 10.0. The van der Waals surface area contributed by atoms with E-state index in [4.69, 9.17) is 0 Å². The molecule has 2 fully saturated rings. The van der Waals surface area contributed by atoms with Crippen molar-refractivity contribution >= 4 is 0 Å². The van der Waals surface area contributed by atoms with Crippen LogP contribution in [-0.2, 0) is 6.54 Å². The number of piperidine rings is 1. The van der Waals surface area contributed by atoms with Crippen LogP contribution in [0.1, 0.15) is 30.4 Å². The van der Waals surface area contributed by atoms with Gasteiger partial charge in [-0.15, -0.1) is 0 Å². The molecule has 2 aliphatic rings. The van der Waals surface area contributed by atoms with Crippen molar-refractivity contribution < 1.29 is 0 Å². The van der Waals surface area contributed by atoms with Crippen molar-refractivity contribution in [2.75, 3.05) is 26.2 Å². The number of hydrogen-bond acceptors (Lipinski definition) is 3. The summed E-state index contributed by atoms with van der Waals surface area (Å²) in [5, 5.41) is 4.53. The van der Waals surface area contributed by atoms with Crippen LogP contribution in [0.2, 0.25) is 0 Å². The van der Waals surface area contributed by atoms with Crippen molar-refractivity contribution in [2.45, 2.75) is 38.8 Å². The Labute approximate surface area is 138 Å². The Hall–Kier alpha value is -1.65. The summed E-state index contributed by atoms with van der Waals surface area (Å²) in [5.74, 6) is 0. The highest BCUT2D eigenvalue weighted by Gasteiger charge is 2.32. The minimum absolute atomic E-state index is 0.794. The molecule has 0 spiro atoms. The van der Waals surface area contributed by atoms with Gasteiger partial charge in [-0.25, -0.2) is 4.68 Å². The first-order chi connectivity index (χ1) is 11.3. The number of aromatic nitrogens is 2. The monoisotopic (exact) mass is 310 g/mol. The first kappa shape index (κ1) is 14.9. The molecular formula is C19H26N4. The molecule has 0 unspecified atom stereocenters. The van der Waals surface area contributed by atoms with Crippen LogP contribution in [-0.4, -0.2) is 51.8 Å². The highest BCUT2D eigenvalue weighted by molar-refractivity contribution is 5.35. The predicted octanol–water partition coefficient (Wildman–Crippen LogP) is 2.85. The number of hydrogen-bond donors (Lipinski definition) is 0. The van der Waals surface area contributed by atoms with Crippen molar-refractivity contribution in [1.82, 2.24) is 19.6 Å². The lowest BCUT2D eigenvalue weighted by Crippen LogP contribution is -2.59. The van der Waals surface area contributed by atoms with Gasteiger partial charge in [0.2, 0.25) is 0 Å². The quantitative estimate of drug-likeness (QED) is 0.868. The molecule has 0 saturated carbocycles. The third-order valence-corrected chi connectivity index (χ3v) is 5.15. The van der Waals surface area contributed by atoms with Crippen LogP contribution in [0.3, 0.4) is 0 Å². The second-order valence-electron chi connectivity index (χ2n) is 7.08. The molecule has 0 amide bonds. The van der Waals surface area contributed by atoms with E-state index in [1.54, 1.807) is 0 Å². The summed E-state index contributed by atoms with van der Waals surface area (Å²) in [6.07, 6.45) is 8.38. The van der Waals surface area contributed by atoms with Crippen LogP contribution >= 0.6 is 0 Å². The molecule has 1 aromatic carbocycles. The summed E-state index contributed by atoms with van der Waals surface area (Å²) < 4.78 is 1.99. The van der Waals surface area contributed by atoms with E-state index in [1.807, 2.05) is 10.9 Å². The van der Waals surface area contributed by atoms with Gasteiger partial charge in [-0.1, -0.05) is 18.6 Å². The van der Waals surface area contributed by atoms with E-state index in [1.165, 1.54) is 56.6 Å². The van der Waals surface area contributed by atoms with Crippen LogP contribution in [0, 0.1) is 6.92 Å². The zero-order valence-electron chi connectivity index (χ0n) is 14.0. The molecule has 1 aromatic heterocycles. The van der Waals surface area contributed by atoms with Gasteiger partial charge in [-0.2, -0.15) is 5.10 Å². The van der Waals surface area contributed by atoms with Crippen LogP contribution in [0.4, 0.5) is 0 Å². The highest BCUT2D eigenvalue weighted by Crippen LogP contribution is 2.21. The first-order valence-corrected chi connectivity index (χ1v) is 8.85. The molecule has 23 heavy (non-hydrogen) atoms. The average molecular weight is 310 g/mol. The van der Waals surface area contributed by atoms with Crippen LogP contribution < -0.4 is 0 Å². The molecular weight excluding hydrogens is 284 g/mol. The van der Waals surface area contributed by atoms with Crippen molar-refractivity contribution in [2.24, 2.45) is 0 Å². The molecule has 2 aliphatic heterocycles. The van der Waals surface area contributed by atoms with Gasteiger partial charge in [0.25, 0.3) is 0 Å². The summed E-state index contributed by atoms with van der Waals surface area (Å²) in [6.45, 7) is 8.20. The minimum Gasteiger partial charge on any atom is -0.298 e. The Kier molecular flexibility index (Phi) is 4.19. The highest BCUT2D eigenvalue weighted by atomic mass is 15.3. The van der Waals surface area contributed by atoms with Gasteiger partial charge in [-0.3, -0.25) is 9.80 Å². The Morgan fingerprint density at radius 1 is 1.13 bits per heavy atom. The summed E-state index contributed by atoms with van der Waals surface area (Å²) in [7, 11) is 0. The Balaban J connectivity index is 1.32. The molecule has 4 rings (SSSR count). The molecule has 0 aliphatic carbocycles. The minimum atomic E-state index is 0.794. The number of rotatable bonds is 4. The van der Waals surface area contributed by atoms with Crippen LogP contribution in [0.25, 0.3) is 5.69 Å². The standard InChI is InChI=1S/C19H26N4/c1-16-6-5-7-18(10-16)23-13-17(11-20-23)12-21-14-19(15-21)22-8-3-2-4-9-22/h5-7,10-11,13,19H,2-4,8-9,12,14-15H2,1H3. The lowest BCUT2D eigenvalue weighted by Gasteiger charge is -2.46. The lowest BCUT2D eigenvalue weighted by molar-refractivity contribution is 0.0186. The smallest absolute Gasteiger partial charge is 0.0648 e. The maximum Gasteiger partial charge on any atom is 0.0648 e. The van der Waals surface area contributed by atoms with E-state index >= 15 is 0 Å². The molecule has 4 nitrogen and oxygen atoms in total. The van der Waals surface area contributed by atoms with E-state index in [9.17, 15) is 0 Å². The number of benzene rings is 1. The molecule has 3 heterocycles. The third kappa shape index (κ3) is 3.33. The number of nitrogens with zero attached hydrogens (tertiary/aromatic N) is 4. The Morgan fingerprint density at radius 3 is 2.74 bits per heavy atom. The Morgan fingerprint density at radius 2 is 1.96 bits per heavy atom. The van der Waals surface area contributed by atoms with Crippen molar-refractivity contribution in [1.29, 1.82) is 0 Å². The number of likely N-dealkylation sites (tertiary alicyclic amines) is 2. The summed E-state index contributed by atoms with van der Waals surface area (Å²) in [4.78, 5) is 5.23. The fourth-order valence-electron chi connectivity index (χ4n) is 3.80. The number of aryl methyl sites for hydroxylation is 1. The molecule has 0 radical (unpaired) electrons. The molecule has 2 saturated heterocycles. The molecule has 0 N–H and O–H groups in total. The largest absolute Gasteiger partial charge is 0.298 e. The third-order valence-electron chi connectivity index (χ3n) is 5.15. The van der Waals surface area contributed by atoms with Gasteiger partial charge in [0, 0.05) is 37.4 Å².